The van der Waals surface area contributed by atoms with Gasteiger partial charge in [-0.25, -0.2) is 0 Å². The third kappa shape index (κ3) is 3.71. The second kappa shape index (κ2) is 5.01. The summed E-state index contributed by atoms with van der Waals surface area (Å²) < 4.78 is 0. The van der Waals surface area contributed by atoms with Gasteiger partial charge in [-0.1, -0.05) is 30.3 Å². The van der Waals surface area contributed by atoms with Crippen LogP contribution < -0.4 is 11.1 Å². The van der Waals surface area contributed by atoms with Gasteiger partial charge in [-0.15, -0.1) is 0 Å². The highest BCUT2D eigenvalue weighted by atomic mass is 16.1. The molecule has 1 amide bonds. The summed E-state index contributed by atoms with van der Waals surface area (Å²) in [6.45, 7) is 0. The average Bonchev–Trinajstić information content (AvgIpc) is 2.15. The van der Waals surface area contributed by atoms with Gasteiger partial charge in [0.1, 0.15) is 0 Å². The molecule has 0 aliphatic heterocycles. The normalized spacial score (nSPS) is 9.43. The van der Waals surface area contributed by atoms with Gasteiger partial charge in [0, 0.05) is 6.42 Å². The van der Waals surface area contributed by atoms with E-state index in [2.05, 4.69) is 5.32 Å². The lowest BCUT2D eigenvalue weighted by molar-refractivity contribution is -0.119. The minimum Gasteiger partial charge on any atom is -0.370 e. The molecule has 0 fully saturated rings. The number of nitrogens with one attached hydrogen (secondary N) is 2. The highest BCUT2D eigenvalue weighted by Gasteiger charge is 2.01. The van der Waals surface area contributed by atoms with E-state index >= 15 is 0 Å². The summed E-state index contributed by atoms with van der Waals surface area (Å²) in [7, 11) is 0. The molecule has 4 nitrogen and oxygen atoms in total. The van der Waals surface area contributed by atoms with E-state index in [1.54, 1.807) is 0 Å². The van der Waals surface area contributed by atoms with Crippen LogP contribution in [0.5, 0.6) is 0 Å². The molecule has 1 aromatic carbocycles. The molecule has 74 valence electrons. The van der Waals surface area contributed by atoms with E-state index in [1.165, 1.54) is 0 Å². The van der Waals surface area contributed by atoms with E-state index < -0.39 is 0 Å². The molecule has 0 saturated heterocycles. The molecule has 0 radical (unpaired) electrons. The second-order valence-corrected chi connectivity index (χ2v) is 2.95. The molecule has 4 N–H and O–H groups in total. The van der Waals surface area contributed by atoms with E-state index in [9.17, 15) is 4.79 Å². The predicted octanol–water partition coefficient (Wildman–Crippen LogP) is 0.629. The molecule has 0 spiro atoms. The molecule has 0 bridgehead atoms. The van der Waals surface area contributed by atoms with E-state index in [1.807, 2.05) is 30.3 Å². The first-order chi connectivity index (χ1) is 6.68. The number of hydrogen-bond donors (Lipinski definition) is 3. The Bertz CT molecular complexity index is 321. The zero-order valence-corrected chi connectivity index (χ0v) is 7.79. The van der Waals surface area contributed by atoms with Crippen LogP contribution in [-0.2, 0) is 11.2 Å². The van der Waals surface area contributed by atoms with Crippen molar-refractivity contribution in [3.63, 3.8) is 0 Å². The molecular formula is C10H13N3O. The largest absolute Gasteiger partial charge is 0.370 e. The Kier molecular flexibility index (Phi) is 3.67. The zero-order valence-electron chi connectivity index (χ0n) is 7.79. The third-order valence-electron chi connectivity index (χ3n) is 1.76. The topological polar surface area (TPSA) is 79.0 Å². The number of aryl methyl sites for hydroxylation is 1. The quantitative estimate of drug-likeness (QED) is 0.484. The van der Waals surface area contributed by atoms with Crippen molar-refractivity contribution in [1.29, 1.82) is 5.41 Å². The Morgan fingerprint density at radius 1 is 1.36 bits per heavy atom. The summed E-state index contributed by atoms with van der Waals surface area (Å²) in [4.78, 5) is 11.1. The van der Waals surface area contributed by atoms with Crippen molar-refractivity contribution in [3.8, 4) is 0 Å². The van der Waals surface area contributed by atoms with Crippen LogP contribution in [0.3, 0.4) is 0 Å². The molecule has 1 rings (SSSR count). The van der Waals surface area contributed by atoms with Crippen molar-refractivity contribution < 1.29 is 4.79 Å². The van der Waals surface area contributed by atoms with Crippen LogP contribution in [-0.4, -0.2) is 11.9 Å². The molecule has 4 heteroatoms. The zero-order chi connectivity index (χ0) is 10.4. The summed E-state index contributed by atoms with van der Waals surface area (Å²) >= 11 is 0. The summed E-state index contributed by atoms with van der Waals surface area (Å²) in [6, 6.07) is 9.71. The lowest BCUT2D eigenvalue weighted by Crippen LogP contribution is -2.35. The van der Waals surface area contributed by atoms with Crippen LogP contribution in [0.1, 0.15) is 12.0 Å². The fourth-order valence-electron chi connectivity index (χ4n) is 1.12. The van der Waals surface area contributed by atoms with Gasteiger partial charge in [0.2, 0.25) is 5.91 Å². The minimum absolute atomic E-state index is 0.221. The fraction of sp³-hybridized carbons (Fsp3) is 0.200. The van der Waals surface area contributed by atoms with Crippen LogP contribution >= 0.6 is 0 Å². The SMILES string of the molecule is N=C(N)NC(=O)CCc1ccccc1. The summed E-state index contributed by atoms with van der Waals surface area (Å²) in [6.07, 6.45) is 1.02. The monoisotopic (exact) mass is 191 g/mol. The molecule has 0 aliphatic rings. The van der Waals surface area contributed by atoms with Crippen molar-refractivity contribution in [2.75, 3.05) is 0 Å². The lowest BCUT2D eigenvalue weighted by Gasteiger charge is -2.02. The fourth-order valence-corrected chi connectivity index (χ4v) is 1.12. The molecule has 0 heterocycles. The lowest BCUT2D eigenvalue weighted by atomic mass is 10.1. The van der Waals surface area contributed by atoms with Crippen molar-refractivity contribution in [3.05, 3.63) is 35.9 Å². The van der Waals surface area contributed by atoms with E-state index in [0.717, 1.165) is 5.56 Å². The van der Waals surface area contributed by atoms with Gasteiger partial charge >= 0.3 is 0 Å². The predicted molar refractivity (Wildman–Crippen MR) is 54.8 cm³/mol. The van der Waals surface area contributed by atoms with Gasteiger partial charge in [0.15, 0.2) is 5.96 Å². The number of amides is 1. The highest BCUT2D eigenvalue weighted by molar-refractivity contribution is 5.94. The van der Waals surface area contributed by atoms with Gasteiger partial charge in [0.05, 0.1) is 0 Å². The summed E-state index contributed by atoms with van der Waals surface area (Å²) in [5.41, 5.74) is 6.12. The van der Waals surface area contributed by atoms with Gasteiger partial charge in [-0.3, -0.25) is 15.5 Å². The molecule has 1 aromatic rings. The van der Waals surface area contributed by atoms with Crippen LogP contribution in [0.2, 0.25) is 0 Å². The first kappa shape index (κ1) is 10.2. The molecule has 0 aromatic heterocycles. The Balaban J connectivity index is 2.34. The van der Waals surface area contributed by atoms with Gasteiger partial charge in [-0.05, 0) is 12.0 Å². The smallest absolute Gasteiger partial charge is 0.226 e. The minimum atomic E-state index is -0.303. The second-order valence-electron chi connectivity index (χ2n) is 2.95. The van der Waals surface area contributed by atoms with Crippen molar-refractivity contribution in [2.24, 2.45) is 5.73 Å². The van der Waals surface area contributed by atoms with Crippen LogP contribution in [0.4, 0.5) is 0 Å². The van der Waals surface area contributed by atoms with Gasteiger partial charge in [0.25, 0.3) is 0 Å². The van der Waals surface area contributed by atoms with Crippen LogP contribution in [0, 0.1) is 5.41 Å². The van der Waals surface area contributed by atoms with Crippen molar-refractivity contribution in [1.82, 2.24) is 5.32 Å². The van der Waals surface area contributed by atoms with Crippen molar-refractivity contribution in [2.45, 2.75) is 12.8 Å². The van der Waals surface area contributed by atoms with Crippen LogP contribution in [0.25, 0.3) is 0 Å². The maximum Gasteiger partial charge on any atom is 0.226 e. The van der Waals surface area contributed by atoms with E-state index in [0.29, 0.717) is 12.8 Å². The number of carbonyl (C=O) groups excluding carboxylic acids is 1. The summed E-state index contributed by atoms with van der Waals surface area (Å²) in [5, 5.41) is 9.09. The molecule has 0 saturated carbocycles. The molecule has 0 atom stereocenters. The standard InChI is InChI=1S/C10H13N3O/c11-10(12)13-9(14)7-6-8-4-2-1-3-5-8/h1-5H,6-7H2,(H4,11,12,13,14). The van der Waals surface area contributed by atoms with E-state index in [-0.39, 0.29) is 11.9 Å². The highest BCUT2D eigenvalue weighted by Crippen LogP contribution is 2.01. The molecular weight excluding hydrogens is 178 g/mol. The Hall–Kier alpha value is -1.84. The first-order valence-corrected chi connectivity index (χ1v) is 4.36. The number of carbonyl (C=O) groups is 1. The number of guanidine groups is 1. The number of nitrogens with two attached hydrogens (primary N) is 1. The van der Waals surface area contributed by atoms with E-state index in [4.69, 9.17) is 11.1 Å². The number of rotatable bonds is 3. The molecule has 0 unspecified atom stereocenters. The molecule has 14 heavy (non-hydrogen) atoms. The average molecular weight is 191 g/mol. The Morgan fingerprint density at radius 2 is 2.00 bits per heavy atom. The maximum absolute atomic E-state index is 11.1. The summed E-state index contributed by atoms with van der Waals surface area (Å²) in [5.74, 6) is -0.524. The van der Waals surface area contributed by atoms with Gasteiger partial charge in [-0.2, -0.15) is 0 Å². The number of benzene rings is 1. The maximum atomic E-state index is 11.1. The van der Waals surface area contributed by atoms with Gasteiger partial charge < -0.3 is 5.73 Å². The van der Waals surface area contributed by atoms with Crippen LogP contribution in [0.15, 0.2) is 30.3 Å². The Morgan fingerprint density at radius 3 is 2.57 bits per heavy atom. The Labute approximate surface area is 82.6 Å². The molecule has 0 aliphatic carbocycles. The first-order valence-electron chi connectivity index (χ1n) is 4.36. The van der Waals surface area contributed by atoms with Crippen molar-refractivity contribution >= 4 is 11.9 Å². The third-order valence-corrected chi connectivity index (χ3v) is 1.76. The number of hydrogen-bond acceptors (Lipinski definition) is 2.